The molecular weight excluding hydrogens is 519 g/mol. The van der Waals surface area contributed by atoms with E-state index in [0.29, 0.717) is 25.3 Å². The number of benzene rings is 1. The highest BCUT2D eigenvalue weighted by Crippen LogP contribution is 2.39. The van der Waals surface area contributed by atoms with E-state index < -0.39 is 11.7 Å². The molecule has 8 nitrogen and oxygen atoms in total. The van der Waals surface area contributed by atoms with Crippen molar-refractivity contribution >= 4 is 16.9 Å². The van der Waals surface area contributed by atoms with Crippen LogP contribution in [0.3, 0.4) is 0 Å². The van der Waals surface area contributed by atoms with Crippen LogP contribution in [0, 0.1) is 0 Å². The quantitative estimate of drug-likeness (QED) is 0.284. The van der Waals surface area contributed by atoms with Crippen LogP contribution in [0.4, 0.5) is 19.1 Å². The summed E-state index contributed by atoms with van der Waals surface area (Å²) in [4.78, 5) is 18.1. The molecule has 11 heteroatoms. The van der Waals surface area contributed by atoms with Gasteiger partial charge >= 0.3 is 6.18 Å². The Hall–Kier alpha value is -4.41. The lowest BCUT2D eigenvalue weighted by Crippen LogP contribution is -2.31. The van der Waals surface area contributed by atoms with Gasteiger partial charge in [-0.25, -0.2) is 19.6 Å². The Morgan fingerprint density at radius 3 is 2.38 bits per heavy atom. The fourth-order valence-corrected chi connectivity index (χ4v) is 5.44. The summed E-state index contributed by atoms with van der Waals surface area (Å²) in [7, 11) is 1.61. The van der Waals surface area contributed by atoms with Crippen molar-refractivity contribution in [2.75, 3.05) is 18.6 Å². The molecule has 1 aromatic carbocycles. The standard InChI is InChI=1S/C29H28F3N7O/c1-4-17-7-6-8-18(5-2)26(17)39-27(25-20-9-11-33-24(20)23(40-3)15-34-25)21-16-38(12-10-22(21)37-39)28-35-13-19(14-36-28)29(30,31)32/h6-9,11,13-15,33H,4-5,10,12,16H2,1-3H3. The number of fused-ring (bicyclic) bond motifs is 2. The highest BCUT2D eigenvalue weighted by molar-refractivity contribution is 5.96. The number of rotatable bonds is 6. The minimum absolute atomic E-state index is 0.245. The van der Waals surface area contributed by atoms with Crippen molar-refractivity contribution in [3.05, 3.63) is 77.0 Å². The first-order chi connectivity index (χ1) is 19.3. The van der Waals surface area contributed by atoms with Crippen molar-refractivity contribution in [1.29, 1.82) is 0 Å². The number of pyridine rings is 1. The lowest BCUT2D eigenvalue weighted by molar-refractivity contribution is -0.138. The minimum atomic E-state index is -4.49. The second-order valence-corrected chi connectivity index (χ2v) is 9.70. The molecule has 0 fully saturated rings. The summed E-state index contributed by atoms with van der Waals surface area (Å²) < 4.78 is 46.9. The SMILES string of the molecule is CCc1cccc(CC)c1-n1nc2c(c1-c1ncc(OC)c3[nH]ccc13)CN(c1ncc(C(F)(F)F)cn1)CC2. The number of aromatic nitrogens is 6. The molecule has 1 aliphatic rings. The second-order valence-electron chi connectivity index (χ2n) is 9.70. The van der Waals surface area contributed by atoms with E-state index in [0.717, 1.165) is 64.5 Å². The van der Waals surface area contributed by atoms with Crippen molar-refractivity contribution in [1.82, 2.24) is 29.7 Å². The third kappa shape index (κ3) is 4.25. The van der Waals surface area contributed by atoms with E-state index in [4.69, 9.17) is 14.8 Å². The molecule has 1 aliphatic heterocycles. The zero-order valence-electron chi connectivity index (χ0n) is 22.4. The molecule has 0 spiro atoms. The Balaban J connectivity index is 1.55. The number of aryl methyl sites for hydroxylation is 2. The summed E-state index contributed by atoms with van der Waals surface area (Å²) in [5.74, 6) is 0.877. The van der Waals surface area contributed by atoms with Crippen LogP contribution in [-0.2, 0) is 32.0 Å². The van der Waals surface area contributed by atoms with E-state index in [1.54, 1.807) is 13.3 Å². The molecule has 5 heterocycles. The number of para-hydroxylation sites is 1. The molecule has 0 amide bonds. The Morgan fingerprint density at radius 1 is 1.00 bits per heavy atom. The fourth-order valence-electron chi connectivity index (χ4n) is 5.44. The van der Waals surface area contributed by atoms with E-state index in [1.165, 1.54) is 11.1 Å². The van der Waals surface area contributed by atoms with Crippen LogP contribution in [0.5, 0.6) is 5.75 Å². The molecule has 4 aromatic heterocycles. The topological polar surface area (TPSA) is 84.8 Å². The number of hydrogen-bond acceptors (Lipinski definition) is 6. The van der Waals surface area contributed by atoms with Crippen molar-refractivity contribution in [3.63, 3.8) is 0 Å². The van der Waals surface area contributed by atoms with Crippen molar-refractivity contribution < 1.29 is 17.9 Å². The number of H-pyrrole nitrogens is 1. The molecule has 0 radical (unpaired) electrons. The number of nitrogens with zero attached hydrogens (tertiary/aromatic N) is 6. The number of nitrogens with one attached hydrogen (secondary N) is 1. The Bertz CT molecular complexity index is 1670. The summed E-state index contributed by atoms with van der Waals surface area (Å²) in [6, 6.07) is 8.28. The molecule has 40 heavy (non-hydrogen) atoms. The van der Waals surface area contributed by atoms with Gasteiger partial charge in [0.1, 0.15) is 0 Å². The third-order valence-corrected chi connectivity index (χ3v) is 7.46. The van der Waals surface area contributed by atoms with Gasteiger partial charge in [-0.05, 0) is 30.0 Å². The maximum atomic E-state index is 13.1. The van der Waals surface area contributed by atoms with Crippen molar-refractivity contribution in [2.45, 2.75) is 45.8 Å². The molecule has 0 saturated carbocycles. The van der Waals surface area contributed by atoms with Gasteiger partial charge in [-0.15, -0.1) is 0 Å². The third-order valence-electron chi connectivity index (χ3n) is 7.46. The van der Waals surface area contributed by atoms with E-state index in [-0.39, 0.29) is 5.95 Å². The van der Waals surface area contributed by atoms with Crippen LogP contribution in [0.2, 0.25) is 0 Å². The predicted molar refractivity (Wildman–Crippen MR) is 146 cm³/mol. The molecular formula is C29H28F3N7O. The summed E-state index contributed by atoms with van der Waals surface area (Å²) in [5.41, 5.74) is 6.79. The molecule has 0 saturated heterocycles. The van der Waals surface area contributed by atoms with Gasteiger partial charge in [-0.3, -0.25) is 0 Å². The number of anilines is 1. The van der Waals surface area contributed by atoms with Crippen LogP contribution < -0.4 is 9.64 Å². The molecule has 6 rings (SSSR count). The van der Waals surface area contributed by atoms with Gasteiger partial charge in [0.25, 0.3) is 0 Å². The molecule has 0 aliphatic carbocycles. The van der Waals surface area contributed by atoms with E-state index in [1.807, 2.05) is 21.8 Å². The Labute approximate surface area is 228 Å². The minimum Gasteiger partial charge on any atom is -0.493 e. The molecule has 0 bridgehead atoms. The van der Waals surface area contributed by atoms with Crippen LogP contribution in [-0.4, -0.2) is 43.4 Å². The molecule has 1 N–H and O–H groups in total. The average molecular weight is 548 g/mol. The molecule has 206 valence electrons. The van der Waals surface area contributed by atoms with Gasteiger partial charge in [-0.1, -0.05) is 32.0 Å². The smallest absolute Gasteiger partial charge is 0.419 e. The fraction of sp³-hybridized carbons (Fsp3) is 0.310. The number of methoxy groups -OCH3 is 1. The van der Waals surface area contributed by atoms with E-state index in [2.05, 4.69) is 47.0 Å². The van der Waals surface area contributed by atoms with Gasteiger partial charge in [-0.2, -0.15) is 18.3 Å². The maximum Gasteiger partial charge on any atom is 0.419 e. The van der Waals surface area contributed by atoms with Gasteiger partial charge in [0.15, 0.2) is 5.75 Å². The highest BCUT2D eigenvalue weighted by atomic mass is 19.4. The zero-order chi connectivity index (χ0) is 28.0. The van der Waals surface area contributed by atoms with Gasteiger partial charge in [0, 0.05) is 49.1 Å². The van der Waals surface area contributed by atoms with E-state index >= 15 is 0 Å². The Kier molecular flexibility index (Phi) is 6.44. The average Bonchev–Trinajstić information content (AvgIpc) is 3.61. The number of aromatic amines is 1. The number of hydrogen-bond donors (Lipinski definition) is 1. The van der Waals surface area contributed by atoms with E-state index in [9.17, 15) is 13.2 Å². The monoisotopic (exact) mass is 547 g/mol. The van der Waals surface area contributed by atoms with Crippen LogP contribution in [0.1, 0.15) is 41.8 Å². The predicted octanol–water partition coefficient (Wildman–Crippen LogP) is 5.92. The normalized spacial score (nSPS) is 13.6. The zero-order valence-corrected chi connectivity index (χ0v) is 22.4. The van der Waals surface area contributed by atoms with Gasteiger partial charge < -0.3 is 14.6 Å². The first-order valence-corrected chi connectivity index (χ1v) is 13.2. The first kappa shape index (κ1) is 25.8. The van der Waals surface area contributed by atoms with Crippen LogP contribution >= 0.6 is 0 Å². The highest BCUT2D eigenvalue weighted by Gasteiger charge is 2.33. The van der Waals surface area contributed by atoms with Crippen LogP contribution in [0.15, 0.2) is 49.1 Å². The van der Waals surface area contributed by atoms with Crippen molar-refractivity contribution in [3.8, 4) is 22.8 Å². The van der Waals surface area contributed by atoms with Gasteiger partial charge in [0.2, 0.25) is 5.95 Å². The van der Waals surface area contributed by atoms with Gasteiger partial charge in [0.05, 0.1) is 47.2 Å². The number of alkyl halides is 3. The maximum absolute atomic E-state index is 13.1. The second kappa shape index (κ2) is 9.96. The summed E-state index contributed by atoms with van der Waals surface area (Å²) in [6.07, 6.45) is 2.97. The molecule has 0 atom stereocenters. The number of ether oxygens (including phenoxy) is 1. The largest absolute Gasteiger partial charge is 0.493 e. The van der Waals surface area contributed by atoms with Crippen molar-refractivity contribution in [2.24, 2.45) is 0 Å². The summed E-state index contributed by atoms with van der Waals surface area (Å²) >= 11 is 0. The van der Waals surface area contributed by atoms with Crippen LogP contribution in [0.25, 0.3) is 28.0 Å². The number of halogens is 3. The summed E-state index contributed by atoms with van der Waals surface area (Å²) in [5, 5.41) is 6.03. The molecule has 5 aromatic rings. The first-order valence-electron chi connectivity index (χ1n) is 13.2. The Morgan fingerprint density at radius 2 is 1.73 bits per heavy atom. The lowest BCUT2D eigenvalue weighted by Gasteiger charge is -2.27. The molecule has 0 unspecified atom stereocenters. The lowest BCUT2D eigenvalue weighted by atomic mass is 10.00. The summed E-state index contributed by atoms with van der Waals surface area (Å²) in [6.45, 7) is 5.16.